The fourth-order valence-electron chi connectivity index (χ4n) is 8.53. The molecular weight excluding hydrogens is 861 g/mol. The van der Waals surface area contributed by atoms with Crippen LogP contribution >= 0.6 is 0 Å². The van der Waals surface area contributed by atoms with E-state index in [-0.39, 0.29) is 86.7 Å². The Labute approximate surface area is 365 Å². The van der Waals surface area contributed by atoms with Crippen molar-refractivity contribution < 1.29 is 42.3 Å². The van der Waals surface area contributed by atoms with Gasteiger partial charge in [0.15, 0.2) is 0 Å². The Kier molecular flexibility index (Phi) is 6.41. The maximum absolute atomic E-state index is 9.39. The van der Waals surface area contributed by atoms with E-state index in [4.69, 9.17) is 16.8 Å². The molecule has 0 saturated heterocycles. The Bertz CT molecular complexity index is 3150. The monoisotopic (exact) mass is 926 g/mol. The Morgan fingerprint density at radius 1 is 0.750 bits per heavy atom. The van der Waals surface area contributed by atoms with Crippen LogP contribution in [0.25, 0.3) is 44.5 Å². The smallest absolute Gasteiger partial charge is 0.121 e. The van der Waals surface area contributed by atoms with Crippen LogP contribution in [-0.2, 0) is 62.8 Å². The zero-order chi connectivity index (χ0) is 49.8. The number of hydrogen-bond acceptors (Lipinski definition) is 3. The summed E-state index contributed by atoms with van der Waals surface area (Å²) >= 11 is 0. The second-order valence-electron chi connectivity index (χ2n) is 17.2. The van der Waals surface area contributed by atoms with E-state index in [9.17, 15) is 5.48 Å². The molecule has 3 aliphatic carbocycles. The topological polar surface area (TPSA) is 38.9 Å². The SMILES string of the molecule is CC1(C)CC(C)(C)c2cc(-c3[c-]cccc3)ncc21.[2H]C([2H])([2H])c1cnc(-c2[c-]ccc3c2oc2cc4c(cc23)C([2H])([2H])C2(C([2H])([2H])c3ccccc3C2([2H])[2H])C4([2H])[2H])cc1C([2H])([2H])C(C)(C)C.[Ir]. The first kappa shape index (κ1) is 25.8. The van der Waals surface area contributed by atoms with Crippen LogP contribution < -0.4 is 0 Å². The fraction of sp³-hybridized carbons (Fsp3) is 0.346. The molecule has 287 valence electrons. The van der Waals surface area contributed by atoms with E-state index in [1.807, 2.05) is 18.2 Å². The summed E-state index contributed by atoms with van der Waals surface area (Å²) in [5.74, 6) is 0. The molecule has 0 amide bonds. The molecule has 0 unspecified atom stereocenters. The number of fused-ring (bicyclic) bond motifs is 6. The minimum atomic E-state index is -2.86. The molecule has 0 aliphatic heterocycles. The van der Waals surface area contributed by atoms with Crippen molar-refractivity contribution in [3.8, 4) is 22.5 Å². The van der Waals surface area contributed by atoms with Crippen LogP contribution in [0.4, 0.5) is 0 Å². The zero-order valence-electron chi connectivity index (χ0n) is 45.6. The summed E-state index contributed by atoms with van der Waals surface area (Å²) in [5, 5.41) is 0.813. The molecule has 56 heavy (non-hydrogen) atoms. The van der Waals surface area contributed by atoms with Crippen LogP contribution in [-0.4, -0.2) is 9.97 Å². The Hall–Kier alpha value is -4.37. The van der Waals surface area contributed by atoms with Gasteiger partial charge in [-0.05, 0) is 129 Å². The van der Waals surface area contributed by atoms with Crippen molar-refractivity contribution >= 4 is 21.9 Å². The molecule has 4 aromatic carbocycles. The van der Waals surface area contributed by atoms with E-state index >= 15 is 0 Å². The van der Waals surface area contributed by atoms with Gasteiger partial charge in [0.25, 0.3) is 0 Å². The van der Waals surface area contributed by atoms with Crippen LogP contribution in [0.2, 0.25) is 0 Å². The predicted octanol–water partition coefficient (Wildman–Crippen LogP) is 12.7. The van der Waals surface area contributed by atoms with E-state index in [1.165, 1.54) is 60.0 Å². The summed E-state index contributed by atoms with van der Waals surface area (Å²) in [6.07, 6.45) is -8.92. The number of aromatic nitrogens is 2. The van der Waals surface area contributed by atoms with Crippen molar-refractivity contribution in [1.29, 1.82) is 0 Å². The van der Waals surface area contributed by atoms with Crippen LogP contribution in [0.1, 0.15) is 117 Å². The van der Waals surface area contributed by atoms with Crippen LogP contribution in [0.15, 0.2) is 102 Å². The van der Waals surface area contributed by atoms with Gasteiger partial charge in [0.1, 0.15) is 5.58 Å². The van der Waals surface area contributed by atoms with Gasteiger partial charge < -0.3 is 14.4 Å². The number of hydrogen-bond donors (Lipinski definition) is 0. The summed E-state index contributed by atoms with van der Waals surface area (Å²) in [4.78, 5) is 9.03. The molecule has 7 aromatic rings. The third kappa shape index (κ3) is 6.98. The fourth-order valence-corrected chi connectivity index (χ4v) is 8.53. The van der Waals surface area contributed by atoms with Crippen LogP contribution in [0.3, 0.4) is 0 Å². The molecule has 0 saturated carbocycles. The van der Waals surface area contributed by atoms with Gasteiger partial charge in [0, 0.05) is 55.7 Å². The normalized spacial score (nSPS) is 24.4. The first-order valence-electron chi connectivity index (χ1n) is 25.3. The Morgan fingerprint density at radius 3 is 2.12 bits per heavy atom. The average molecular weight is 926 g/mol. The Morgan fingerprint density at radius 2 is 1.43 bits per heavy atom. The van der Waals surface area contributed by atoms with E-state index in [0.717, 1.165) is 17.5 Å². The summed E-state index contributed by atoms with van der Waals surface area (Å²) in [6, 6.07) is 29.8. The van der Waals surface area contributed by atoms with Crippen molar-refractivity contribution in [3.63, 3.8) is 0 Å². The van der Waals surface area contributed by atoms with E-state index in [1.54, 1.807) is 32.9 Å². The summed E-state index contributed by atoms with van der Waals surface area (Å²) in [7, 11) is 0. The summed E-state index contributed by atoms with van der Waals surface area (Å²) < 4.78 is 122. The zero-order valence-corrected chi connectivity index (χ0v) is 35.0. The first-order valence-corrected chi connectivity index (χ1v) is 18.8. The summed E-state index contributed by atoms with van der Waals surface area (Å²) in [6.45, 7) is 11.7. The summed E-state index contributed by atoms with van der Waals surface area (Å²) in [5.41, 5.74) is 1.50. The van der Waals surface area contributed by atoms with E-state index in [0.29, 0.717) is 10.8 Å². The molecule has 0 N–H and O–H groups in total. The van der Waals surface area contributed by atoms with Crippen molar-refractivity contribution in [3.05, 3.63) is 154 Å². The second-order valence-corrected chi connectivity index (χ2v) is 17.2. The van der Waals surface area contributed by atoms with E-state index < -0.39 is 49.5 Å². The largest absolute Gasteiger partial charge is 0.501 e. The second kappa shape index (κ2) is 13.9. The standard InChI is InChI=1S/C34H32NO.C18H20N.Ir/c1-21-20-35-30(13-24(21)15-33(2,3)4)28-11-7-10-27-29-12-25-18-34(16-22-8-5-6-9-23(22)17-34)19-26(25)14-31(29)36-32(27)28;1-17(2)12-18(3,4)15-11-19-16(10-14(15)17)13-8-6-5-7-9-13;/h5-10,12-14,20H,15-19H2,1-4H3;5-8,10-11H,12H2,1-4H3;/q2*-1;/i1D3,15D2,16D2,17D2,18D2,19D2;;. The number of nitrogens with zero attached hydrogens (tertiary/aromatic N) is 2. The van der Waals surface area contributed by atoms with Crippen molar-refractivity contribution in [2.45, 2.75) is 104 Å². The minimum Gasteiger partial charge on any atom is -0.501 e. The number of benzene rings is 4. The number of furan rings is 1. The van der Waals surface area contributed by atoms with Gasteiger partial charge in [-0.2, -0.15) is 0 Å². The van der Waals surface area contributed by atoms with Gasteiger partial charge >= 0.3 is 0 Å². The van der Waals surface area contributed by atoms with Gasteiger partial charge in [0.2, 0.25) is 0 Å². The third-order valence-electron chi connectivity index (χ3n) is 10.7. The molecule has 0 atom stereocenters. The molecule has 3 nitrogen and oxygen atoms in total. The van der Waals surface area contributed by atoms with Gasteiger partial charge in [-0.1, -0.05) is 101 Å². The number of rotatable bonds is 3. The quantitative estimate of drug-likeness (QED) is 0.166. The molecule has 3 aliphatic rings. The molecule has 0 fully saturated rings. The molecule has 1 spiro atoms. The molecular formula is C52H52IrN2O-2. The number of aryl methyl sites for hydroxylation is 1. The number of pyridine rings is 2. The van der Waals surface area contributed by atoms with Crippen molar-refractivity contribution in [2.75, 3.05) is 0 Å². The van der Waals surface area contributed by atoms with Crippen molar-refractivity contribution in [2.24, 2.45) is 10.8 Å². The molecule has 10 rings (SSSR count). The molecule has 4 heteroatoms. The predicted molar refractivity (Wildman–Crippen MR) is 227 cm³/mol. The maximum atomic E-state index is 9.39. The van der Waals surface area contributed by atoms with Crippen LogP contribution in [0, 0.1) is 29.8 Å². The van der Waals surface area contributed by atoms with Gasteiger partial charge in [-0.15, -0.1) is 54.1 Å². The van der Waals surface area contributed by atoms with Gasteiger partial charge in [-0.25, -0.2) is 0 Å². The van der Waals surface area contributed by atoms with Gasteiger partial charge in [-0.3, -0.25) is 0 Å². The Balaban J connectivity index is 0.000000268. The molecule has 3 aromatic heterocycles. The average Bonchev–Trinajstić information content (AvgIpc) is 3.81. The molecule has 3 heterocycles. The van der Waals surface area contributed by atoms with E-state index in [2.05, 4.69) is 68.1 Å². The third-order valence-corrected chi connectivity index (χ3v) is 10.7. The van der Waals surface area contributed by atoms with Crippen molar-refractivity contribution in [1.82, 2.24) is 9.97 Å². The molecule has 1 radical (unpaired) electrons. The van der Waals surface area contributed by atoms with Crippen LogP contribution in [0.5, 0.6) is 0 Å². The minimum absolute atomic E-state index is 0. The maximum Gasteiger partial charge on any atom is 0.121 e. The first-order chi connectivity index (χ1) is 31.3. The molecule has 0 bridgehead atoms. The van der Waals surface area contributed by atoms with Gasteiger partial charge in [0.05, 0.1) is 5.58 Å².